The maximum atomic E-state index is 12.6. The maximum absolute atomic E-state index is 12.6. The minimum Gasteiger partial charge on any atom is -0.340 e. The number of aryl methyl sites for hydroxylation is 1. The molecular formula is C23H33N3O3. The number of carbonyl (C=O) groups excluding carboxylic acids is 3. The molecule has 3 rings (SSSR count). The van der Waals surface area contributed by atoms with Gasteiger partial charge in [0.15, 0.2) is 5.78 Å². The van der Waals surface area contributed by atoms with Crippen molar-refractivity contribution in [2.75, 3.05) is 39.3 Å². The molecule has 2 aliphatic heterocycles. The van der Waals surface area contributed by atoms with E-state index < -0.39 is 0 Å². The van der Waals surface area contributed by atoms with Gasteiger partial charge in [0.05, 0.1) is 6.54 Å². The minimum absolute atomic E-state index is 0.0123. The van der Waals surface area contributed by atoms with Gasteiger partial charge in [-0.2, -0.15) is 0 Å². The molecule has 6 nitrogen and oxygen atoms in total. The Morgan fingerprint density at radius 3 is 2.24 bits per heavy atom. The number of ketones is 1. The van der Waals surface area contributed by atoms with Crippen molar-refractivity contribution in [3.63, 3.8) is 0 Å². The molecule has 1 aromatic carbocycles. The van der Waals surface area contributed by atoms with Crippen molar-refractivity contribution >= 4 is 17.6 Å². The molecule has 0 bridgehead atoms. The first-order valence-electron chi connectivity index (χ1n) is 10.8. The summed E-state index contributed by atoms with van der Waals surface area (Å²) >= 11 is 0. The number of Topliss-reactive ketones (excluding diaryl/α,β-unsaturated/α-hetero) is 1. The van der Waals surface area contributed by atoms with Crippen molar-refractivity contribution in [2.24, 2.45) is 0 Å². The van der Waals surface area contributed by atoms with Crippen molar-refractivity contribution < 1.29 is 14.4 Å². The second kappa shape index (κ2) is 10.0. The topological polar surface area (TPSA) is 60.9 Å². The van der Waals surface area contributed by atoms with Crippen molar-refractivity contribution in [1.82, 2.24) is 14.7 Å². The van der Waals surface area contributed by atoms with Crippen LogP contribution in [0.4, 0.5) is 0 Å². The quantitative estimate of drug-likeness (QED) is 0.690. The summed E-state index contributed by atoms with van der Waals surface area (Å²) in [7, 11) is 0. The molecule has 1 unspecified atom stereocenters. The van der Waals surface area contributed by atoms with Gasteiger partial charge in [0, 0.05) is 57.2 Å². The number of amides is 2. The van der Waals surface area contributed by atoms with Crippen molar-refractivity contribution in [2.45, 2.75) is 52.0 Å². The molecule has 0 N–H and O–H groups in total. The zero-order valence-corrected chi connectivity index (χ0v) is 17.7. The third-order valence-electron chi connectivity index (χ3n) is 6.15. The third kappa shape index (κ3) is 5.89. The molecule has 158 valence electrons. The van der Waals surface area contributed by atoms with E-state index in [1.165, 1.54) is 6.42 Å². The van der Waals surface area contributed by atoms with E-state index in [1.807, 2.05) is 41.0 Å². The number of hydrogen-bond acceptors (Lipinski definition) is 4. The summed E-state index contributed by atoms with van der Waals surface area (Å²) in [6.07, 6.45) is 3.89. The van der Waals surface area contributed by atoms with Crippen LogP contribution in [0.5, 0.6) is 0 Å². The molecule has 0 aliphatic carbocycles. The van der Waals surface area contributed by atoms with Crippen LogP contribution in [-0.2, 0) is 9.59 Å². The van der Waals surface area contributed by atoms with Crippen LogP contribution in [0, 0.1) is 6.92 Å². The predicted octanol–water partition coefficient (Wildman–Crippen LogP) is 2.50. The lowest BCUT2D eigenvalue weighted by molar-refractivity contribution is -0.137. The molecule has 2 aliphatic rings. The van der Waals surface area contributed by atoms with Crippen LogP contribution in [0.15, 0.2) is 24.3 Å². The highest BCUT2D eigenvalue weighted by Crippen LogP contribution is 2.17. The first-order valence-corrected chi connectivity index (χ1v) is 10.8. The molecule has 0 saturated carbocycles. The average Bonchev–Trinajstić information content (AvgIpc) is 2.73. The molecule has 0 aromatic heterocycles. The fourth-order valence-electron chi connectivity index (χ4n) is 4.17. The largest absolute Gasteiger partial charge is 0.340 e. The van der Waals surface area contributed by atoms with Gasteiger partial charge in [-0.3, -0.25) is 19.3 Å². The van der Waals surface area contributed by atoms with E-state index >= 15 is 0 Å². The van der Waals surface area contributed by atoms with E-state index in [9.17, 15) is 14.4 Å². The molecule has 6 heteroatoms. The van der Waals surface area contributed by atoms with Crippen LogP contribution in [0.2, 0.25) is 0 Å². The summed E-state index contributed by atoms with van der Waals surface area (Å²) in [5.74, 6) is 0.250. The van der Waals surface area contributed by atoms with E-state index in [-0.39, 0.29) is 30.4 Å². The standard InChI is InChI=1S/C23H33N3O3/c1-18-6-8-20(9-7-18)21(27)10-11-22(28)25-15-13-24(14-16-25)17-23(29)26-12-4-3-5-19(26)2/h6-9,19H,3-5,10-17H2,1-2H3. The molecule has 2 saturated heterocycles. The second-order valence-corrected chi connectivity index (χ2v) is 8.38. The van der Waals surface area contributed by atoms with Crippen LogP contribution in [0.1, 0.15) is 54.9 Å². The third-order valence-corrected chi connectivity index (χ3v) is 6.15. The number of rotatable bonds is 6. The lowest BCUT2D eigenvalue weighted by atomic mass is 10.0. The van der Waals surface area contributed by atoms with Gasteiger partial charge in [-0.05, 0) is 33.1 Å². The monoisotopic (exact) mass is 399 g/mol. The number of hydrogen-bond donors (Lipinski definition) is 0. The van der Waals surface area contributed by atoms with Gasteiger partial charge >= 0.3 is 0 Å². The van der Waals surface area contributed by atoms with E-state index in [2.05, 4.69) is 11.8 Å². The van der Waals surface area contributed by atoms with Crippen molar-refractivity contribution in [3.8, 4) is 0 Å². The SMILES string of the molecule is Cc1ccc(C(=O)CCC(=O)N2CCN(CC(=O)N3CCCCC3C)CC2)cc1. The van der Waals surface area contributed by atoms with Crippen LogP contribution in [0.3, 0.4) is 0 Å². The number of benzene rings is 1. The van der Waals surface area contributed by atoms with E-state index in [0.717, 1.165) is 24.9 Å². The number of piperazine rings is 1. The predicted molar refractivity (Wildman–Crippen MR) is 113 cm³/mol. The van der Waals surface area contributed by atoms with Gasteiger partial charge in [0.25, 0.3) is 0 Å². The number of nitrogens with zero attached hydrogens (tertiary/aromatic N) is 3. The van der Waals surface area contributed by atoms with Crippen LogP contribution in [-0.4, -0.2) is 77.6 Å². The Kier molecular flexibility index (Phi) is 7.42. The molecule has 1 aromatic rings. The highest BCUT2D eigenvalue weighted by Gasteiger charge is 2.27. The molecule has 0 radical (unpaired) electrons. The van der Waals surface area contributed by atoms with E-state index in [4.69, 9.17) is 0 Å². The van der Waals surface area contributed by atoms with Gasteiger partial charge in [0.1, 0.15) is 0 Å². The minimum atomic E-state index is 0.0123. The zero-order chi connectivity index (χ0) is 20.8. The Hall–Kier alpha value is -2.21. The Balaban J connectivity index is 1.39. The molecule has 2 amide bonds. The average molecular weight is 400 g/mol. The first kappa shape index (κ1) is 21.5. The van der Waals surface area contributed by atoms with E-state index in [0.29, 0.717) is 44.3 Å². The lowest BCUT2D eigenvalue weighted by Crippen LogP contribution is -2.53. The normalized spacial score (nSPS) is 20.6. The van der Waals surface area contributed by atoms with Crippen molar-refractivity contribution in [1.29, 1.82) is 0 Å². The second-order valence-electron chi connectivity index (χ2n) is 8.38. The molecule has 29 heavy (non-hydrogen) atoms. The summed E-state index contributed by atoms with van der Waals surface area (Å²) in [5.41, 5.74) is 1.78. The number of likely N-dealkylation sites (tertiary alicyclic amines) is 1. The van der Waals surface area contributed by atoms with Crippen LogP contribution >= 0.6 is 0 Å². The smallest absolute Gasteiger partial charge is 0.236 e. The molecule has 2 heterocycles. The Labute approximate surface area is 173 Å². The fourth-order valence-corrected chi connectivity index (χ4v) is 4.17. The Morgan fingerprint density at radius 1 is 0.897 bits per heavy atom. The summed E-state index contributed by atoms with van der Waals surface area (Å²) < 4.78 is 0. The fraction of sp³-hybridized carbons (Fsp3) is 0.609. The van der Waals surface area contributed by atoms with Gasteiger partial charge in [0.2, 0.25) is 11.8 Å². The molecular weight excluding hydrogens is 366 g/mol. The lowest BCUT2D eigenvalue weighted by Gasteiger charge is -2.38. The maximum Gasteiger partial charge on any atom is 0.236 e. The summed E-state index contributed by atoms with van der Waals surface area (Å²) in [5, 5.41) is 0. The van der Waals surface area contributed by atoms with E-state index in [1.54, 1.807) is 0 Å². The molecule has 2 fully saturated rings. The number of piperidine rings is 1. The van der Waals surface area contributed by atoms with Crippen LogP contribution < -0.4 is 0 Å². The zero-order valence-electron chi connectivity index (χ0n) is 17.7. The molecule has 0 spiro atoms. The van der Waals surface area contributed by atoms with Crippen molar-refractivity contribution in [3.05, 3.63) is 35.4 Å². The summed E-state index contributed by atoms with van der Waals surface area (Å²) in [4.78, 5) is 43.3. The highest BCUT2D eigenvalue weighted by molar-refractivity contribution is 5.98. The summed E-state index contributed by atoms with van der Waals surface area (Å²) in [6.45, 7) is 8.10. The molecule has 1 atom stereocenters. The van der Waals surface area contributed by atoms with Crippen LogP contribution in [0.25, 0.3) is 0 Å². The Morgan fingerprint density at radius 2 is 1.59 bits per heavy atom. The number of carbonyl (C=O) groups is 3. The van der Waals surface area contributed by atoms with Gasteiger partial charge in [-0.1, -0.05) is 29.8 Å². The van der Waals surface area contributed by atoms with Gasteiger partial charge in [-0.25, -0.2) is 0 Å². The highest BCUT2D eigenvalue weighted by atomic mass is 16.2. The Bertz CT molecular complexity index is 723. The first-order chi connectivity index (χ1) is 13.9. The van der Waals surface area contributed by atoms with Gasteiger partial charge < -0.3 is 9.80 Å². The summed E-state index contributed by atoms with van der Waals surface area (Å²) in [6, 6.07) is 7.81. The van der Waals surface area contributed by atoms with Gasteiger partial charge in [-0.15, -0.1) is 0 Å².